The molecular weight excluding hydrogens is 250 g/mol. The van der Waals surface area contributed by atoms with Gasteiger partial charge in [-0.05, 0) is 29.5 Å². The number of rotatable bonds is 4. The minimum atomic E-state index is 0.321. The number of aromatic amines is 1. The van der Waals surface area contributed by atoms with Crippen molar-refractivity contribution < 1.29 is 4.74 Å². The molecule has 0 unspecified atom stereocenters. The molecule has 0 spiro atoms. The zero-order chi connectivity index (χ0) is 14.9. The van der Waals surface area contributed by atoms with Crippen molar-refractivity contribution in [2.24, 2.45) is 0 Å². The van der Waals surface area contributed by atoms with E-state index in [0.717, 1.165) is 22.6 Å². The summed E-state index contributed by atoms with van der Waals surface area (Å²) in [6, 6.07) is 6.25. The summed E-state index contributed by atoms with van der Waals surface area (Å²) in [5.74, 6) is 2.12. The summed E-state index contributed by atoms with van der Waals surface area (Å²) in [5.41, 5.74) is 10.3. The molecule has 0 aliphatic rings. The quantitative estimate of drug-likeness (QED) is 0.887. The van der Waals surface area contributed by atoms with Crippen LogP contribution in [0.4, 0.5) is 5.82 Å². The number of hydrogen-bond acceptors (Lipinski definition) is 3. The average Bonchev–Trinajstić information content (AvgIpc) is 2.79. The molecule has 0 saturated heterocycles. The zero-order valence-electron chi connectivity index (χ0n) is 12.8. The monoisotopic (exact) mass is 273 g/mol. The molecule has 0 fully saturated rings. The van der Waals surface area contributed by atoms with Gasteiger partial charge in [0, 0.05) is 11.3 Å². The Morgan fingerprint density at radius 2 is 1.85 bits per heavy atom. The van der Waals surface area contributed by atoms with Gasteiger partial charge in [0.05, 0.1) is 12.7 Å². The van der Waals surface area contributed by atoms with E-state index in [9.17, 15) is 0 Å². The van der Waals surface area contributed by atoms with Gasteiger partial charge in [-0.15, -0.1) is 0 Å². The molecule has 2 aromatic rings. The maximum absolute atomic E-state index is 6.06. The molecule has 1 aromatic carbocycles. The number of aromatic nitrogens is 2. The number of hydrogen-bond donors (Lipinski definition) is 2. The predicted molar refractivity (Wildman–Crippen MR) is 83.2 cm³/mol. The van der Waals surface area contributed by atoms with Gasteiger partial charge >= 0.3 is 0 Å². The molecule has 1 heterocycles. The van der Waals surface area contributed by atoms with E-state index in [0.29, 0.717) is 17.7 Å². The number of H-pyrrole nitrogens is 1. The lowest BCUT2D eigenvalue weighted by molar-refractivity contribution is 0.416. The fourth-order valence-electron chi connectivity index (χ4n) is 2.35. The first kappa shape index (κ1) is 14.4. The lowest BCUT2D eigenvalue weighted by Gasteiger charge is -2.14. The first-order valence-corrected chi connectivity index (χ1v) is 6.97. The smallest absolute Gasteiger partial charge is 0.153 e. The Labute approximate surface area is 120 Å². The molecule has 4 nitrogen and oxygen atoms in total. The van der Waals surface area contributed by atoms with Gasteiger partial charge in [0.15, 0.2) is 5.82 Å². The summed E-state index contributed by atoms with van der Waals surface area (Å²) >= 11 is 0. The third-order valence-electron chi connectivity index (χ3n) is 3.56. The van der Waals surface area contributed by atoms with Crippen LogP contribution >= 0.6 is 0 Å². The van der Waals surface area contributed by atoms with Gasteiger partial charge in [0.25, 0.3) is 0 Å². The minimum absolute atomic E-state index is 0.321. The molecule has 2 rings (SSSR count). The summed E-state index contributed by atoms with van der Waals surface area (Å²) in [6.07, 6.45) is 0. The second-order valence-corrected chi connectivity index (χ2v) is 5.67. The van der Waals surface area contributed by atoms with Crippen LogP contribution in [0.25, 0.3) is 11.1 Å². The van der Waals surface area contributed by atoms with Gasteiger partial charge in [-0.25, -0.2) is 0 Å². The van der Waals surface area contributed by atoms with Crippen molar-refractivity contribution in [1.82, 2.24) is 10.2 Å². The summed E-state index contributed by atoms with van der Waals surface area (Å²) in [4.78, 5) is 0. The highest BCUT2D eigenvalue weighted by Gasteiger charge is 2.19. The number of nitrogen functional groups attached to an aromatic ring is 1. The third kappa shape index (κ3) is 2.50. The molecule has 0 atom stereocenters. The highest BCUT2D eigenvalue weighted by molar-refractivity contribution is 5.81. The number of benzene rings is 1. The zero-order valence-corrected chi connectivity index (χ0v) is 12.8. The molecule has 0 amide bonds. The standard InChI is InChI=1S/C16H23N3O/c1-9(2)11-6-7-13(20-5)12(8-11)14-15(10(3)4)18-19-16(14)17/h6-10H,1-5H3,(H3,17,18,19). The van der Waals surface area contributed by atoms with E-state index < -0.39 is 0 Å². The lowest BCUT2D eigenvalue weighted by atomic mass is 9.94. The molecule has 1 aromatic heterocycles. The van der Waals surface area contributed by atoms with Gasteiger partial charge < -0.3 is 10.5 Å². The summed E-state index contributed by atoms with van der Waals surface area (Å²) in [6.45, 7) is 8.59. The minimum Gasteiger partial charge on any atom is -0.496 e. The van der Waals surface area contributed by atoms with E-state index in [-0.39, 0.29) is 0 Å². The van der Waals surface area contributed by atoms with Crippen LogP contribution in [0, 0.1) is 0 Å². The van der Waals surface area contributed by atoms with Crippen LogP contribution < -0.4 is 10.5 Å². The van der Waals surface area contributed by atoms with Crippen molar-refractivity contribution in [2.45, 2.75) is 39.5 Å². The van der Waals surface area contributed by atoms with E-state index in [1.165, 1.54) is 5.56 Å². The second kappa shape index (κ2) is 5.57. The lowest BCUT2D eigenvalue weighted by Crippen LogP contribution is -1.97. The number of anilines is 1. The predicted octanol–water partition coefficient (Wildman–Crippen LogP) is 3.91. The average molecular weight is 273 g/mol. The molecule has 4 heteroatoms. The second-order valence-electron chi connectivity index (χ2n) is 5.67. The van der Waals surface area contributed by atoms with Crippen LogP contribution in [0.2, 0.25) is 0 Å². The third-order valence-corrected chi connectivity index (χ3v) is 3.56. The molecule has 0 aliphatic carbocycles. The SMILES string of the molecule is COc1ccc(C(C)C)cc1-c1c(N)n[nH]c1C(C)C. The van der Waals surface area contributed by atoms with Gasteiger partial charge in [0.1, 0.15) is 5.75 Å². The Morgan fingerprint density at radius 1 is 1.15 bits per heavy atom. The Kier molecular flexibility index (Phi) is 4.02. The normalized spacial score (nSPS) is 11.3. The van der Waals surface area contributed by atoms with Crippen molar-refractivity contribution in [3.63, 3.8) is 0 Å². The van der Waals surface area contributed by atoms with Crippen LogP contribution in [-0.4, -0.2) is 17.3 Å². The fourth-order valence-corrected chi connectivity index (χ4v) is 2.35. The maximum Gasteiger partial charge on any atom is 0.153 e. The molecule has 0 aliphatic heterocycles. The van der Waals surface area contributed by atoms with Crippen LogP contribution in [0.5, 0.6) is 5.75 Å². The number of ether oxygens (including phenoxy) is 1. The number of methoxy groups -OCH3 is 1. The Hall–Kier alpha value is -1.97. The molecule has 20 heavy (non-hydrogen) atoms. The van der Waals surface area contributed by atoms with Gasteiger partial charge in [0.2, 0.25) is 0 Å². The van der Waals surface area contributed by atoms with E-state index in [2.05, 4.69) is 50.0 Å². The van der Waals surface area contributed by atoms with Crippen LogP contribution in [0.15, 0.2) is 18.2 Å². The first-order chi connectivity index (χ1) is 9.45. The number of nitrogens with one attached hydrogen (secondary N) is 1. The molecule has 3 N–H and O–H groups in total. The Morgan fingerprint density at radius 3 is 2.40 bits per heavy atom. The number of nitrogens with zero attached hydrogens (tertiary/aromatic N) is 1. The highest BCUT2D eigenvalue weighted by Crippen LogP contribution is 2.39. The highest BCUT2D eigenvalue weighted by atomic mass is 16.5. The fraction of sp³-hybridized carbons (Fsp3) is 0.438. The van der Waals surface area contributed by atoms with Crippen molar-refractivity contribution >= 4 is 5.82 Å². The molecular formula is C16H23N3O. The summed E-state index contributed by atoms with van der Waals surface area (Å²) in [7, 11) is 1.68. The van der Waals surface area contributed by atoms with E-state index >= 15 is 0 Å². The summed E-state index contributed by atoms with van der Waals surface area (Å²) < 4.78 is 5.50. The van der Waals surface area contributed by atoms with Crippen molar-refractivity contribution in [2.75, 3.05) is 12.8 Å². The molecule has 0 saturated carbocycles. The Balaban J connectivity index is 2.67. The largest absolute Gasteiger partial charge is 0.496 e. The Bertz CT molecular complexity index is 600. The van der Waals surface area contributed by atoms with Crippen LogP contribution in [-0.2, 0) is 0 Å². The first-order valence-electron chi connectivity index (χ1n) is 6.97. The van der Waals surface area contributed by atoms with Crippen molar-refractivity contribution in [3.8, 4) is 16.9 Å². The topological polar surface area (TPSA) is 63.9 Å². The van der Waals surface area contributed by atoms with Gasteiger partial charge in [-0.3, -0.25) is 5.10 Å². The molecule has 0 radical (unpaired) electrons. The van der Waals surface area contributed by atoms with Crippen LogP contribution in [0.1, 0.15) is 50.8 Å². The maximum atomic E-state index is 6.06. The van der Waals surface area contributed by atoms with Crippen molar-refractivity contribution in [3.05, 3.63) is 29.5 Å². The summed E-state index contributed by atoms with van der Waals surface area (Å²) in [5, 5.41) is 7.20. The van der Waals surface area contributed by atoms with E-state index in [1.54, 1.807) is 7.11 Å². The molecule has 108 valence electrons. The number of nitrogens with two attached hydrogens (primary N) is 1. The van der Waals surface area contributed by atoms with Crippen molar-refractivity contribution in [1.29, 1.82) is 0 Å². The van der Waals surface area contributed by atoms with Gasteiger partial charge in [-0.1, -0.05) is 33.8 Å². The van der Waals surface area contributed by atoms with E-state index in [1.807, 2.05) is 6.07 Å². The molecule has 0 bridgehead atoms. The van der Waals surface area contributed by atoms with Crippen LogP contribution in [0.3, 0.4) is 0 Å². The van der Waals surface area contributed by atoms with E-state index in [4.69, 9.17) is 10.5 Å². The van der Waals surface area contributed by atoms with Gasteiger partial charge in [-0.2, -0.15) is 5.10 Å².